The van der Waals surface area contributed by atoms with Gasteiger partial charge in [-0.15, -0.1) is 0 Å². The van der Waals surface area contributed by atoms with Crippen LogP contribution in [0.2, 0.25) is 0 Å². The van der Waals surface area contributed by atoms with Gasteiger partial charge in [0.2, 0.25) is 5.95 Å². The second-order valence-corrected chi connectivity index (χ2v) is 6.21. The molecule has 124 valence electrons. The van der Waals surface area contributed by atoms with Gasteiger partial charge >= 0.3 is 0 Å². The number of aromatic nitrogens is 4. The van der Waals surface area contributed by atoms with Crippen molar-refractivity contribution in [3.8, 4) is 5.95 Å². The van der Waals surface area contributed by atoms with Crippen molar-refractivity contribution in [3.63, 3.8) is 0 Å². The number of likely N-dealkylation sites (N-methyl/N-ethyl adjacent to an activating group) is 1. The van der Waals surface area contributed by atoms with E-state index in [0.29, 0.717) is 12.0 Å². The summed E-state index contributed by atoms with van der Waals surface area (Å²) in [5.74, 6) is 0.707. The van der Waals surface area contributed by atoms with E-state index in [0.717, 1.165) is 18.7 Å². The Bertz CT molecular complexity index is 781. The van der Waals surface area contributed by atoms with E-state index in [4.69, 9.17) is 0 Å². The first-order chi connectivity index (χ1) is 11.6. The highest BCUT2D eigenvalue weighted by Crippen LogP contribution is 2.13. The third-order valence-electron chi connectivity index (χ3n) is 4.24. The van der Waals surface area contributed by atoms with Gasteiger partial charge in [0.25, 0.3) is 0 Å². The number of pyridine rings is 1. The first-order valence-corrected chi connectivity index (χ1v) is 8.19. The van der Waals surface area contributed by atoms with Gasteiger partial charge in [-0.1, -0.05) is 0 Å². The van der Waals surface area contributed by atoms with Crippen LogP contribution < -0.4 is 0 Å². The maximum atomic E-state index is 4.47. The first kappa shape index (κ1) is 16.3. The lowest BCUT2D eigenvalue weighted by atomic mass is 10.1. The minimum absolute atomic E-state index is 0.388. The van der Waals surface area contributed by atoms with E-state index in [1.54, 1.807) is 12.4 Å². The summed E-state index contributed by atoms with van der Waals surface area (Å²) >= 11 is 0. The van der Waals surface area contributed by atoms with Crippen LogP contribution in [0.5, 0.6) is 0 Å². The molecule has 3 aromatic heterocycles. The van der Waals surface area contributed by atoms with E-state index in [-0.39, 0.29) is 0 Å². The summed E-state index contributed by atoms with van der Waals surface area (Å²) in [6, 6.07) is 10.6. The minimum Gasteiger partial charge on any atom is -0.298 e. The Kier molecular flexibility index (Phi) is 5.01. The smallest absolute Gasteiger partial charge is 0.233 e. The maximum absolute atomic E-state index is 4.47. The van der Waals surface area contributed by atoms with Gasteiger partial charge in [0.05, 0.1) is 0 Å². The number of rotatable bonds is 6. The molecule has 0 aromatic carbocycles. The fourth-order valence-corrected chi connectivity index (χ4v) is 2.74. The van der Waals surface area contributed by atoms with Crippen molar-refractivity contribution >= 4 is 0 Å². The lowest BCUT2D eigenvalue weighted by molar-refractivity contribution is 0.242. The number of aryl methyl sites for hydroxylation is 1. The second-order valence-electron chi connectivity index (χ2n) is 6.21. The van der Waals surface area contributed by atoms with E-state index in [9.17, 15) is 0 Å². The molecule has 0 amide bonds. The van der Waals surface area contributed by atoms with Gasteiger partial charge in [0.1, 0.15) is 0 Å². The summed E-state index contributed by atoms with van der Waals surface area (Å²) in [6.45, 7) is 5.17. The van der Waals surface area contributed by atoms with E-state index in [2.05, 4.69) is 52.9 Å². The van der Waals surface area contributed by atoms with Crippen molar-refractivity contribution in [1.29, 1.82) is 0 Å². The maximum Gasteiger partial charge on any atom is 0.233 e. The standard InChI is InChI=1S/C19H23N5/c1-15-7-10-20-17(12-15)13-16(2)23(3)14-18-6-4-11-24(18)19-21-8-5-9-22-19/h4-12,16H,13-14H2,1-3H3. The molecule has 3 aromatic rings. The van der Waals surface area contributed by atoms with Gasteiger partial charge in [0, 0.05) is 55.2 Å². The van der Waals surface area contributed by atoms with Gasteiger partial charge in [0.15, 0.2) is 0 Å². The zero-order valence-corrected chi connectivity index (χ0v) is 14.4. The number of hydrogen-bond acceptors (Lipinski definition) is 4. The largest absolute Gasteiger partial charge is 0.298 e. The predicted octanol–water partition coefficient (Wildman–Crippen LogP) is 3.03. The fraction of sp³-hybridized carbons (Fsp3) is 0.316. The highest BCUT2D eigenvalue weighted by atomic mass is 15.2. The van der Waals surface area contributed by atoms with Gasteiger partial charge in [-0.3, -0.25) is 14.5 Å². The van der Waals surface area contributed by atoms with Crippen molar-refractivity contribution < 1.29 is 0 Å². The summed E-state index contributed by atoms with van der Waals surface area (Å²) in [7, 11) is 2.14. The molecule has 5 heteroatoms. The van der Waals surface area contributed by atoms with Crippen molar-refractivity contribution in [2.75, 3.05) is 7.05 Å². The Balaban J connectivity index is 1.69. The Morgan fingerprint density at radius 3 is 2.62 bits per heavy atom. The quantitative estimate of drug-likeness (QED) is 0.700. The zero-order valence-electron chi connectivity index (χ0n) is 14.4. The highest BCUT2D eigenvalue weighted by molar-refractivity contribution is 5.20. The Morgan fingerprint density at radius 2 is 1.88 bits per heavy atom. The molecule has 0 spiro atoms. The van der Waals surface area contributed by atoms with Crippen molar-refractivity contribution in [1.82, 2.24) is 24.4 Å². The average molecular weight is 321 g/mol. The van der Waals surface area contributed by atoms with Crippen LogP contribution in [0.4, 0.5) is 0 Å². The van der Waals surface area contributed by atoms with E-state index < -0.39 is 0 Å². The zero-order chi connectivity index (χ0) is 16.9. The molecule has 1 unspecified atom stereocenters. The molecule has 0 saturated carbocycles. The van der Waals surface area contributed by atoms with Crippen LogP contribution in [-0.4, -0.2) is 37.5 Å². The molecule has 0 aliphatic carbocycles. The highest BCUT2D eigenvalue weighted by Gasteiger charge is 2.14. The third kappa shape index (κ3) is 3.86. The van der Waals surface area contributed by atoms with Crippen LogP contribution in [0.15, 0.2) is 55.1 Å². The van der Waals surface area contributed by atoms with Crippen molar-refractivity contribution in [3.05, 3.63) is 72.1 Å². The molecule has 0 radical (unpaired) electrons. The summed E-state index contributed by atoms with van der Waals surface area (Å²) < 4.78 is 2.04. The van der Waals surface area contributed by atoms with Crippen molar-refractivity contribution in [2.24, 2.45) is 0 Å². The fourth-order valence-electron chi connectivity index (χ4n) is 2.74. The molecule has 3 heterocycles. The van der Waals surface area contributed by atoms with Gasteiger partial charge in [-0.2, -0.15) is 0 Å². The lowest BCUT2D eigenvalue weighted by Crippen LogP contribution is -2.31. The lowest BCUT2D eigenvalue weighted by Gasteiger charge is -2.25. The molecule has 3 rings (SSSR count). The van der Waals surface area contributed by atoms with Crippen molar-refractivity contribution in [2.45, 2.75) is 32.9 Å². The minimum atomic E-state index is 0.388. The number of hydrogen-bond donors (Lipinski definition) is 0. The molecule has 0 aliphatic heterocycles. The molecular formula is C19H23N5. The monoisotopic (exact) mass is 321 g/mol. The average Bonchev–Trinajstić information content (AvgIpc) is 3.03. The summed E-state index contributed by atoms with van der Waals surface area (Å²) in [4.78, 5) is 15.5. The van der Waals surface area contributed by atoms with E-state index in [1.165, 1.54) is 11.3 Å². The molecule has 0 fully saturated rings. The molecular weight excluding hydrogens is 298 g/mol. The first-order valence-electron chi connectivity index (χ1n) is 8.19. The third-order valence-corrected chi connectivity index (χ3v) is 4.24. The predicted molar refractivity (Wildman–Crippen MR) is 95.0 cm³/mol. The van der Waals surface area contributed by atoms with Crippen LogP contribution in [0.25, 0.3) is 5.95 Å². The molecule has 5 nitrogen and oxygen atoms in total. The van der Waals surface area contributed by atoms with E-state index >= 15 is 0 Å². The van der Waals surface area contributed by atoms with E-state index in [1.807, 2.05) is 35.2 Å². The number of nitrogens with zero attached hydrogens (tertiary/aromatic N) is 5. The summed E-state index contributed by atoms with van der Waals surface area (Å²) in [5.41, 5.74) is 3.56. The Morgan fingerprint density at radius 1 is 1.08 bits per heavy atom. The van der Waals surface area contributed by atoms with Crippen LogP contribution in [0.1, 0.15) is 23.9 Å². The second kappa shape index (κ2) is 7.36. The molecule has 0 saturated heterocycles. The normalized spacial score (nSPS) is 12.5. The van der Waals surface area contributed by atoms with Gasteiger partial charge in [-0.05, 0) is 56.8 Å². The van der Waals surface area contributed by atoms with Gasteiger partial charge < -0.3 is 0 Å². The molecule has 24 heavy (non-hydrogen) atoms. The molecule has 0 N–H and O–H groups in total. The van der Waals surface area contributed by atoms with Crippen LogP contribution in [0.3, 0.4) is 0 Å². The Labute approximate surface area is 143 Å². The Hall–Kier alpha value is -2.53. The molecule has 0 aliphatic rings. The van der Waals surface area contributed by atoms with Gasteiger partial charge in [-0.25, -0.2) is 9.97 Å². The topological polar surface area (TPSA) is 46.8 Å². The van der Waals surface area contributed by atoms with Crippen LogP contribution in [0, 0.1) is 6.92 Å². The molecule has 1 atom stereocenters. The summed E-state index contributed by atoms with van der Waals surface area (Å²) in [6.07, 6.45) is 8.35. The summed E-state index contributed by atoms with van der Waals surface area (Å²) in [5, 5.41) is 0. The molecule has 0 bridgehead atoms. The van der Waals surface area contributed by atoms with Crippen LogP contribution in [-0.2, 0) is 13.0 Å². The van der Waals surface area contributed by atoms with Crippen LogP contribution >= 0.6 is 0 Å². The SMILES string of the molecule is Cc1ccnc(CC(C)N(C)Cc2cccn2-c2ncccn2)c1.